The van der Waals surface area contributed by atoms with E-state index >= 15 is 0 Å². The molecular formula is C12H17F2NO4S. The molecule has 20 heavy (non-hydrogen) atoms. The van der Waals surface area contributed by atoms with Gasteiger partial charge in [0.15, 0.2) is 11.5 Å². The van der Waals surface area contributed by atoms with Crippen LogP contribution in [-0.2, 0) is 16.4 Å². The number of sulfone groups is 1. The van der Waals surface area contributed by atoms with Gasteiger partial charge in [0, 0.05) is 24.9 Å². The number of ether oxygens (including phenoxy) is 2. The number of alkyl halides is 2. The molecule has 0 unspecified atom stereocenters. The Morgan fingerprint density at radius 2 is 2.05 bits per heavy atom. The summed E-state index contributed by atoms with van der Waals surface area (Å²) in [6.07, 6.45) is 1.13. The predicted molar refractivity (Wildman–Crippen MR) is 71.0 cm³/mol. The number of para-hydroxylation sites is 1. The van der Waals surface area contributed by atoms with Crippen LogP contribution in [0.2, 0.25) is 0 Å². The molecule has 114 valence electrons. The molecule has 1 rings (SSSR count). The largest absolute Gasteiger partial charge is 0.493 e. The van der Waals surface area contributed by atoms with Gasteiger partial charge in [-0.05, 0) is 6.07 Å². The fourth-order valence-electron chi connectivity index (χ4n) is 1.56. The molecule has 0 aliphatic carbocycles. The third-order valence-electron chi connectivity index (χ3n) is 2.45. The van der Waals surface area contributed by atoms with Crippen LogP contribution < -0.4 is 14.8 Å². The van der Waals surface area contributed by atoms with Gasteiger partial charge >= 0.3 is 6.61 Å². The first-order valence-electron chi connectivity index (χ1n) is 5.82. The quantitative estimate of drug-likeness (QED) is 0.736. The lowest BCUT2D eigenvalue weighted by Crippen LogP contribution is -2.22. The van der Waals surface area contributed by atoms with E-state index < -0.39 is 16.4 Å². The molecule has 0 saturated carbocycles. The Bertz CT molecular complexity index is 534. The molecule has 0 atom stereocenters. The summed E-state index contributed by atoms with van der Waals surface area (Å²) < 4.78 is 56.1. The highest BCUT2D eigenvalue weighted by atomic mass is 32.2. The maximum atomic E-state index is 12.4. The van der Waals surface area contributed by atoms with Gasteiger partial charge in [-0.2, -0.15) is 8.78 Å². The third-order valence-corrected chi connectivity index (χ3v) is 3.40. The van der Waals surface area contributed by atoms with Crippen molar-refractivity contribution in [1.82, 2.24) is 5.32 Å². The van der Waals surface area contributed by atoms with Crippen molar-refractivity contribution >= 4 is 9.84 Å². The number of rotatable bonds is 8. The van der Waals surface area contributed by atoms with Crippen molar-refractivity contribution in [2.45, 2.75) is 13.2 Å². The Balaban J connectivity index is 2.73. The van der Waals surface area contributed by atoms with Crippen LogP contribution in [0.15, 0.2) is 18.2 Å². The lowest BCUT2D eigenvalue weighted by molar-refractivity contribution is -0.0518. The van der Waals surface area contributed by atoms with E-state index in [4.69, 9.17) is 4.74 Å². The van der Waals surface area contributed by atoms with Gasteiger partial charge in [0.25, 0.3) is 0 Å². The van der Waals surface area contributed by atoms with Gasteiger partial charge in [-0.15, -0.1) is 0 Å². The molecule has 1 aromatic carbocycles. The van der Waals surface area contributed by atoms with Crippen molar-refractivity contribution in [3.05, 3.63) is 23.8 Å². The Morgan fingerprint density at radius 3 is 2.60 bits per heavy atom. The predicted octanol–water partition coefficient (Wildman–Crippen LogP) is 1.43. The van der Waals surface area contributed by atoms with Crippen LogP contribution in [0.1, 0.15) is 5.56 Å². The number of benzene rings is 1. The first-order valence-corrected chi connectivity index (χ1v) is 7.88. The molecular weight excluding hydrogens is 292 g/mol. The summed E-state index contributed by atoms with van der Waals surface area (Å²) in [4.78, 5) is 0. The van der Waals surface area contributed by atoms with Gasteiger partial charge in [-0.1, -0.05) is 12.1 Å². The van der Waals surface area contributed by atoms with Gasteiger partial charge in [-0.3, -0.25) is 0 Å². The molecule has 8 heteroatoms. The van der Waals surface area contributed by atoms with E-state index in [1.165, 1.54) is 13.2 Å². The Kier molecular flexibility index (Phi) is 6.15. The molecule has 0 spiro atoms. The van der Waals surface area contributed by atoms with Gasteiger partial charge in [-0.25, -0.2) is 8.42 Å². The molecule has 0 radical (unpaired) electrons. The zero-order chi connectivity index (χ0) is 15.2. The fourth-order valence-corrected chi connectivity index (χ4v) is 2.08. The molecule has 1 N–H and O–H groups in total. The van der Waals surface area contributed by atoms with Crippen LogP contribution in [0.4, 0.5) is 8.78 Å². The fraction of sp³-hybridized carbons (Fsp3) is 0.500. The van der Waals surface area contributed by atoms with Gasteiger partial charge in [0.2, 0.25) is 0 Å². The van der Waals surface area contributed by atoms with Crippen LogP contribution in [0.5, 0.6) is 11.5 Å². The summed E-state index contributed by atoms with van der Waals surface area (Å²) in [5.41, 5.74) is 0.471. The summed E-state index contributed by atoms with van der Waals surface area (Å²) >= 11 is 0. The number of nitrogens with one attached hydrogen (secondary N) is 1. The number of hydrogen-bond donors (Lipinski definition) is 1. The van der Waals surface area contributed by atoms with E-state index in [9.17, 15) is 17.2 Å². The van der Waals surface area contributed by atoms with Crippen LogP contribution in [0.3, 0.4) is 0 Å². The van der Waals surface area contributed by atoms with Gasteiger partial charge in [0.05, 0.1) is 12.9 Å². The number of hydrogen-bond acceptors (Lipinski definition) is 5. The monoisotopic (exact) mass is 309 g/mol. The molecule has 5 nitrogen and oxygen atoms in total. The van der Waals surface area contributed by atoms with Gasteiger partial charge < -0.3 is 14.8 Å². The number of halogens is 2. The first-order chi connectivity index (χ1) is 9.33. The van der Waals surface area contributed by atoms with E-state index in [2.05, 4.69) is 10.1 Å². The van der Waals surface area contributed by atoms with Crippen LogP contribution in [-0.4, -0.2) is 40.7 Å². The second kappa shape index (κ2) is 7.39. The topological polar surface area (TPSA) is 64.6 Å². The highest BCUT2D eigenvalue weighted by Crippen LogP contribution is 2.32. The molecule has 0 aliphatic heterocycles. The van der Waals surface area contributed by atoms with Crippen molar-refractivity contribution in [3.63, 3.8) is 0 Å². The van der Waals surface area contributed by atoms with Crippen LogP contribution in [0, 0.1) is 0 Å². The van der Waals surface area contributed by atoms with Crippen LogP contribution in [0.25, 0.3) is 0 Å². The van der Waals surface area contributed by atoms with Crippen molar-refractivity contribution < 1.29 is 26.7 Å². The second-order valence-electron chi connectivity index (χ2n) is 4.13. The normalized spacial score (nSPS) is 11.7. The smallest absolute Gasteiger partial charge is 0.387 e. The highest BCUT2D eigenvalue weighted by Gasteiger charge is 2.15. The van der Waals surface area contributed by atoms with Crippen molar-refractivity contribution in [3.8, 4) is 11.5 Å². The Labute approximate surface area is 116 Å². The molecule has 0 saturated heterocycles. The van der Waals surface area contributed by atoms with Crippen molar-refractivity contribution in [1.29, 1.82) is 0 Å². The SMILES string of the molecule is COc1cccc(CNCCS(C)(=O)=O)c1OC(F)F. The summed E-state index contributed by atoms with van der Waals surface area (Å²) in [5, 5.41) is 2.86. The molecule has 0 bridgehead atoms. The zero-order valence-electron chi connectivity index (χ0n) is 11.2. The van der Waals surface area contributed by atoms with E-state index in [0.29, 0.717) is 5.56 Å². The average Bonchev–Trinajstić information content (AvgIpc) is 2.34. The number of methoxy groups -OCH3 is 1. The Hall–Kier alpha value is -1.41. The molecule has 0 aromatic heterocycles. The summed E-state index contributed by atoms with van der Waals surface area (Å²) in [6, 6.07) is 4.76. The Morgan fingerprint density at radius 1 is 1.35 bits per heavy atom. The molecule has 0 amide bonds. The maximum absolute atomic E-state index is 12.4. The molecule has 0 aliphatic rings. The average molecular weight is 309 g/mol. The summed E-state index contributed by atoms with van der Waals surface area (Å²) in [7, 11) is -1.70. The second-order valence-corrected chi connectivity index (χ2v) is 6.39. The van der Waals surface area contributed by atoms with E-state index in [1.54, 1.807) is 12.1 Å². The highest BCUT2D eigenvalue weighted by molar-refractivity contribution is 7.90. The lowest BCUT2D eigenvalue weighted by Gasteiger charge is -2.14. The zero-order valence-corrected chi connectivity index (χ0v) is 12.0. The molecule has 1 aromatic rings. The van der Waals surface area contributed by atoms with Crippen molar-refractivity contribution in [2.75, 3.05) is 25.7 Å². The third kappa shape index (κ3) is 5.70. The maximum Gasteiger partial charge on any atom is 0.387 e. The van der Waals surface area contributed by atoms with E-state index in [-0.39, 0.29) is 30.3 Å². The van der Waals surface area contributed by atoms with Crippen LogP contribution >= 0.6 is 0 Å². The minimum Gasteiger partial charge on any atom is -0.493 e. The van der Waals surface area contributed by atoms with E-state index in [0.717, 1.165) is 6.26 Å². The minimum atomic E-state index is -3.06. The minimum absolute atomic E-state index is 0.0258. The standard InChI is InChI=1S/C12H17F2NO4S/c1-18-10-5-3-4-9(11(10)19-12(13)14)8-15-6-7-20(2,16)17/h3-5,12,15H,6-8H2,1-2H3. The lowest BCUT2D eigenvalue weighted by atomic mass is 10.2. The van der Waals surface area contributed by atoms with Gasteiger partial charge in [0.1, 0.15) is 9.84 Å². The molecule has 0 heterocycles. The first kappa shape index (κ1) is 16.6. The molecule has 0 fully saturated rings. The summed E-state index contributed by atoms with van der Waals surface area (Å²) in [6.45, 7) is -2.53. The van der Waals surface area contributed by atoms with Crippen molar-refractivity contribution in [2.24, 2.45) is 0 Å². The summed E-state index contributed by atoms with van der Waals surface area (Å²) in [5.74, 6) is 0.131. The van der Waals surface area contributed by atoms with E-state index in [1.807, 2.05) is 0 Å².